The molecule has 68 heavy (non-hydrogen) atoms. The van der Waals surface area contributed by atoms with Crippen molar-refractivity contribution in [3.63, 3.8) is 0 Å². The SMILES string of the molecule is C=C(C)C(=O)OC1C2CC3C1OC(=O)C3C2C(=O)Cl.C=C(C)C(=O)OC1C2CC3C1OC(=O)C3C2C(=O)O.C=C(C)C(=O)OC1C2CC3C1OC(=O)C3C2C(=O)OCc1ccc(C(F)(F)F)cc1. The second-order valence-electron chi connectivity index (χ2n) is 18.9. The van der Waals surface area contributed by atoms with Crippen LogP contribution in [0.5, 0.6) is 0 Å². The van der Waals surface area contributed by atoms with E-state index >= 15 is 0 Å². The number of benzene rings is 1. The normalized spacial score (nSPS) is 37.4. The molecule has 3 heterocycles. The van der Waals surface area contributed by atoms with Gasteiger partial charge in [0, 0.05) is 52.2 Å². The Morgan fingerprint density at radius 3 is 1.32 bits per heavy atom. The summed E-state index contributed by atoms with van der Waals surface area (Å²) in [4.78, 5) is 107. The number of esters is 7. The summed E-state index contributed by atoms with van der Waals surface area (Å²) >= 11 is 5.60. The van der Waals surface area contributed by atoms with Gasteiger partial charge < -0.3 is 38.3 Å². The zero-order valence-corrected chi connectivity index (χ0v) is 37.4. The van der Waals surface area contributed by atoms with E-state index in [0.29, 0.717) is 24.8 Å². The Labute approximate surface area is 390 Å². The molecule has 3 saturated heterocycles. The Morgan fingerprint density at radius 2 is 0.971 bits per heavy atom. The number of hydrogen-bond acceptors (Lipinski definition) is 16. The number of alkyl halides is 3. The Hall–Kier alpha value is -6.05. The van der Waals surface area contributed by atoms with Crippen molar-refractivity contribution in [3.8, 4) is 0 Å². The number of fused-ring (bicyclic) bond motifs is 3. The fourth-order valence-corrected chi connectivity index (χ4v) is 12.4. The Balaban J connectivity index is 0.000000144. The quantitative estimate of drug-likeness (QED) is 0.139. The zero-order valence-electron chi connectivity index (χ0n) is 36.6. The third-order valence-electron chi connectivity index (χ3n) is 14.9. The Bertz CT molecular complexity index is 2320. The Morgan fingerprint density at radius 1 is 0.618 bits per heavy atom. The van der Waals surface area contributed by atoms with Crippen molar-refractivity contribution >= 4 is 64.6 Å². The first-order chi connectivity index (χ1) is 31.9. The van der Waals surface area contributed by atoms with Crippen LogP contribution >= 0.6 is 11.6 Å². The fraction of sp³-hybridized carbons (Fsp3) is 0.553. The van der Waals surface area contributed by atoms with E-state index in [2.05, 4.69) is 19.7 Å². The van der Waals surface area contributed by atoms with Crippen LogP contribution in [0.2, 0.25) is 0 Å². The monoisotopic (exact) mass is 974 g/mol. The van der Waals surface area contributed by atoms with Crippen LogP contribution in [0.3, 0.4) is 0 Å². The molecule has 17 nitrogen and oxygen atoms in total. The van der Waals surface area contributed by atoms with Gasteiger partial charge in [-0.3, -0.25) is 28.8 Å². The second kappa shape index (κ2) is 17.8. The van der Waals surface area contributed by atoms with Crippen LogP contribution < -0.4 is 0 Å². The molecule has 3 aliphatic heterocycles. The number of carboxylic acid groups (broad SMARTS) is 1. The van der Waals surface area contributed by atoms with E-state index in [1.807, 2.05) is 0 Å². The summed E-state index contributed by atoms with van der Waals surface area (Å²) < 4.78 is 75.2. The minimum absolute atomic E-state index is 0.0619. The predicted octanol–water partition coefficient (Wildman–Crippen LogP) is 4.46. The minimum Gasteiger partial charge on any atom is -0.481 e. The van der Waals surface area contributed by atoms with Crippen molar-refractivity contribution in [3.05, 3.63) is 71.8 Å². The van der Waals surface area contributed by atoms with Gasteiger partial charge in [-0.1, -0.05) is 31.9 Å². The summed E-state index contributed by atoms with van der Waals surface area (Å²) in [5.74, 6) is -10.1. The predicted molar refractivity (Wildman–Crippen MR) is 219 cm³/mol. The van der Waals surface area contributed by atoms with Gasteiger partial charge in [0.2, 0.25) is 5.24 Å². The van der Waals surface area contributed by atoms with E-state index in [4.69, 9.17) is 44.8 Å². The van der Waals surface area contributed by atoms with Gasteiger partial charge in [-0.25, -0.2) is 14.4 Å². The van der Waals surface area contributed by atoms with Gasteiger partial charge in [0.1, 0.15) is 43.2 Å². The lowest BCUT2D eigenvalue weighted by Gasteiger charge is -2.30. The standard InChI is InChI=1S/C21H19F3O6.C13H13ClO5.C13H14O6/c1-9(2)18(25)29-16-12-7-13-15(20(27)30-17(13)16)14(12)19(26)28-8-10-3-5-11(6-4-10)21(22,23)24;2*1-4(2)12(16)18-9-5-3-6-8(7(5)11(14)15)13(17)19-10(6)9/h3-6,12-17H,1,7-8H2,2H3;5-10H,1,3H2,2H3;5-10H,1,3H2,2H3,(H,14,15). The largest absolute Gasteiger partial charge is 0.481 e. The number of hydrogen-bond donors (Lipinski definition) is 1. The van der Waals surface area contributed by atoms with Crippen LogP contribution in [0.4, 0.5) is 13.2 Å². The number of carbonyl (C=O) groups is 9. The molecular formula is C47H46ClF3O17. The van der Waals surface area contributed by atoms with Gasteiger partial charge in [-0.05, 0) is 69.3 Å². The van der Waals surface area contributed by atoms with Crippen molar-refractivity contribution in [2.45, 2.75) is 89.4 Å². The molecule has 6 aliphatic carbocycles. The molecule has 6 bridgehead atoms. The average molecular weight is 975 g/mol. The lowest BCUT2D eigenvalue weighted by atomic mass is 9.78. The third-order valence-corrected chi connectivity index (χ3v) is 15.1. The number of carboxylic acids is 1. The maximum absolute atomic E-state index is 12.8. The van der Waals surface area contributed by atoms with Crippen molar-refractivity contribution < 1.29 is 94.6 Å². The smallest absolute Gasteiger partial charge is 0.416 e. The molecule has 18 atom stereocenters. The molecule has 1 aromatic rings. The summed E-state index contributed by atoms with van der Waals surface area (Å²) in [7, 11) is 0. The molecule has 0 radical (unpaired) electrons. The average Bonchev–Trinajstić information content (AvgIpc) is 4.15. The highest BCUT2D eigenvalue weighted by molar-refractivity contribution is 6.64. The highest BCUT2D eigenvalue weighted by Crippen LogP contribution is 2.61. The summed E-state index contributed by atoms with van der Waals surface area (Å²) in [6.07, 6.45) is -6.23. The lowest BCUT2D eigenvalue weighted by molar-refractivity contribution is -0.163. The van der Waals surface area contributed by atoms with Crippen LogP contribution in [0.25, 0.3) is 0 Å². The highest BCUT2D eigenvalue weighted by atomic mass is 35.5. The van der Waals surface area contributed by atoms with Crippen molar-refractivity contribution in [1.29, 1.82) is 0 Å². The van der Waals surface area contributed by atoms with Crippen LogP contribution in [-0.2, 0) is 89.1 Å². The van der Waals surface area contributed by atoms with E-state index < -0.39 is 143 Å². The number of ether oxygens (including phenoxy) is 7. The van der Waals surface area contributed by atoms with Gasteiger partial charge in [-0.2, -0.15) is 13.2 Å². The summed E-state index contributed by atoms with van der Waals surface area (Å²) in [6.45, 7) is 14.9. The van der Waals surface area contributed by atoms with E-state index in [1.54, 1.807) is 6.92 Å². The van der Waals surface area contributed by atoms with Crippen LogP contribution in [-0.4, -0.2) is 94.7 Å². The molecule has 1 aromatic carbocycles. The molecule has 10 rings (SSSR count). The van der Waals surface area contributed by atoms with Crippen LogP contribution in [0.1, 0.15) is 51.2 Å². The first-order valence-electron chi connectivity index (χ1n) is 21.9. The summed E-state index contributed by atoms with van der Waals surface area (Å²) in [6, 6.07) is 4.28. The lowest BCUT2D eigenvalue weighted by Crippen LogP contribution is -2.43. The van der Waals surface area contributed by atoms with Crippen molar-refractivity contribution in [1.82, 2.24) is 0 Å². The van der Waals surface area contributed by atoms with Gasteiger partial charge in [-0.15, -0.1) is 0 Å². The van der Waals surface area contributed by atoms with E-state index in [9.17, 15) is 61.4 Å². The maximum atomic E-state index is 12.8. The van der Waals surface area contributed by atoms with Crippen LogP contribution in [0, 0.1) is 71.0 Å². The van der Waals surface area contributed by atoms with Crippen LogP contribution in [0.15, 0.2) is 60.7 Å². The van der Waals surface area contributed by atoms with E-state index in [1.165, 1.54) is 26.0 Å². The number of carbonyl (C=O) groups excluding carboxylic acids is 8. The molecule has 9 aliphatic rings. The fourth-order valence-electron chi connectivity index (χ4n) is 12.1. The molecule has 9 fully saturated rings. The van der Waals surface area contributed by atoms with E-state index in [-0.39, 0.29) is 52.9 Å². The molecule has 0 amide bonds. The molecule has 18 unspecified atom stereocenters. The third kappa shape index (κ3) is 8.25. The molecule has 21 heteroatoms. The molecular weight excluding hydrogens is 929 g/mol. The molecule has 0 spiro atoms. The summed E-state index contributed by atoms with van der Waals surface area (Å²) in [5.41, 5.74) is 0.303. The van der Waals surface area contributed by atoms with Gasteiger partial charge in [0.05, 0.1) is 41.1 Å². The van der Waals surface area contributed by atoms with Gasteiger partial charge in [0.25, 0.3) is 0 Å². The van der Waals surface area contributed by atoms with E-state index in [0.717, 1.165) is 12.1 Å². The first-order valence-corrected chi connectivity index (χ1v) is 22.2. The molecule has 0 aromatic heterocycles. The molecule has 364 valence electrons. The maximum Gasteiger partial charge on any atom is 0.416 e. The Kier molecular flexibility index (Phi) is 12.7. The van der Waals surface area contributed by atoms with Crippen molar-refractivity contribution in [2.24, 2.45) is 71.0 Å². The molecule has 1 N–H and O–H groups in total. The van der Waals surface area contributed by atoms with Crippen molar-refractivity contribution in [2.75, 3.05) is 0 Å². The number of aliphatic carboxylic acids is 1. The van der Waals surface area contributed by atoms with Gasteiger partial charge >= 0.3 is 53.9 Å². The highest BCUT2D eigenvalue weighted by Gasteiger charge is 2.72. The minimum atomic E-state index is -4.45. The first kappa shape index (κ1) is 48.4. The summed E-state index contributed by atoms with van der Waals surface area (Å²) in [5, 5.41) is 8.72. The number of halogens is 4. The second-order valence-corrected chi connectivity index (χ2v) is 19.3. The zero-order chi connectivity index (χ0) is 49.6. The number of rotatable bonds is 11. The topological polar surface area (TPSA) is 238 Å². The molecule has 6 saturated carbocycles. The van der Waals surface area contributed by atoms with Gasteiger partial charge in [0.15, 0.2) is 0 Å².